The molecule has 1 aromatic rings. The summed E-state index contributed by atoms with van der Waals surface area (Å²) in [6, 6.07) is 0.894. The summed E-state index contributed by atoms with van der Waals surface area (Å²) in [5.41, 5.74) is 0. The second-order valence-corrected chi connectivity index (χ2v) is 5.26. The fourth-order valence-corrected chi connectivity index (χ4v) is 2.08. The van der Waals surface area contributed by atoms with Crippen molar-refractivity contribution in [3.63, 3.8) is 0 Å². The fraction of sp³-hybridized carbons (Fsp3) is 0.818. The second-order valence-electron chi connectivity index (χ2n) is 4.47. The molecule has 1 heterocycles. The maximum absolute atomic E-state index is 4.34. The first-order chi connectivity index (χ1) is 7.56. The smallest absolute Gasteiger partial charge is 0.141 e. The molecule has 16 heavy (non-hydrogen) atoms. The molecule has 4 nitrogen and oxygen atoms in total. The Hall–Kier alpha value is -0.420. The van der Waals surface area contributed by atoms with Gasteiger partial charge in [0, 0.05) is 24.0 Å². The molecular formula is C11H21BrN4. The standard InChI is InChI=1S/C11H21BrN4/c1-9(2)15(6-5-12)7-11-13-8-14-16(11)10(3)4/h8-10H,5-7H2,1-4H3. The van der Waals surface area contributed by atoms with E-state index >= 15 is 0 Å². The predicted octanol–water partition coefficient (Wildman–Crippen LogP) is 2.46. The monoisotopic (exact) mass is 288 g/mol. The lowest BCUT2D eigenvalue weighted by Crippen LogP contribution is -2.33. The first-order valence-corrected chi connectivity index (χ1v) is 6.86. The Labute approximate surface area is 106 Å². The van der Waals surface area contributed by atoms with Crippen LogP contribution in [0.1, 0.15) is 39.6 Å². The Bertz CT molecular complexity index is 309. The minimum Gasteiger partial charge on any atom is -0.293 e. The third-order valence-electron chi connectivity index (χ3n) is 2.58. The van der Waals surface area contributed by atoms with Gasteiger partial charge in [-0.3, -0.25) is 4.90 Å². The quantitative estimate of drug-likeness (QED) is 0.754. The van der Waals surface area contributed by atoms with Crippen LogP contribution in [0, 0.1) is 0 Å². The van der Waals surface area contributed by atoms with Crippen molar-refractivity contribution in [1.29, 1.82) is 0 Å². The number of hydrogen-bond donors (Lipinski definition) is 0. The Kier molecular flexibility index (Phi) is 5.41. The summed E-state index contributed by atoms with van der Waals surface area (Å²) in [6.45, 7) is 10.6. The van der Waals surface area contributed by atoms with Crippen LogP contribution in [-0.2, 0) is 6.54 Å². The molecule has 0 aliphatic carbocycles. The zero-order chi connectivity index (χ0) is 12.1. The highest BCUT2D eigenvalue weighted by Gasteiger charge is 2.14. The van der Waals surface area contributed by atoms with Crippen LogP contribution >= 0.6 is 15.9 Å². The number of nitrogens with zero attached hydrogens (tertiary/aromatic N) is 4. The zero-order valence-electron chi connectivity index (χ0n) is 10.5. The van der Waals surface area contributed by atoms with Crippen molar-refractivity contribution in [2.24, 2.45) is 0 Å². The summed E-state index contributed by atoms with van der Waals surface area (Å²) in [4.78, 5) is 6.72. The van der Waals surface area contributed by atoms with Crippen molar-refractivity contribution in [1.82, 2.24) is 19.7 Å². The van der Waals surface area contributed by atoms with Gasteiger partial charge in [-0.25, -0.2) is 9.67 Å². The maximum atomic E-state index is 4.34. The molecule has 0 amide bonds. The van der Waals surface area contributed by atoms with Crippen LogP contribution in [-0.4, -0.2) is 37.6 Å². The Morgan fingerprint density at radius 3 is 2.56 bits per heavy atom. The molecule has 1 rings (SSSR count). The van der Waals surface area contributed by atoms with Crippen LogP contribution < -0.4 is 0 Å². The average Bonchev–Trinajstić information content (AvgIpc) is 2.65. The minimum absolute atomic E-state index is 0.371. The second kappa shape index (κ2) is 6.35. The van der Waals surface area contributed by atoms with Crippen LogP contribution in [0.25, 0.3) is 0 Å². The van der Waals surface area contributed by atoms with E-state index in [4.69, 9.17) is 0 Å². The Morgan fingerprint density at radius 2 is 2.06 bits per heavy atom. The molecule has 0 radical (unpaired) electrons. The minimum atomic E-state index is 0.371. The van der Waals surface area contributed by atoms with Crippen LogP contribution in [0.5, 0.6) is 0 Å². The van der Waals surface area contributed by atoms with Gasteiger partial charge in [0.25, 0.3) is 0 Å². The van der Waals surface area contributed by atoms with Gasteiger partial charge < -0.3 is 0 Å². The lowest BCUT2D eigenvalue weighted by molar-refractivity contribution is 0.216. The first-order valence-electron chi connectivity index (χ1n) is 5.74. The van der Waals surface area contributed by atoms with Gasteiger partial charge in [-0.2, -0.15) is 5.10 Å². The first kappa shape index (κ1) is 13.6. The molecule has 0 bridgehead atoms. The van der Waals surface area contributed by atoms with Crippen molar-refractivity contribution in [3.8, 4) is 0 Å². The van der Waals surface area contributed by atoms with Gasteiger partial charge in [0.05, 0.1) is 6.54 Å². The highest BCUT2D eigenvalue weighted by Crippen LogP contribution is 2.10. The Morgan fingerprint density at radius 1 is 1.38 bits per heavy atom. The van der Waals surface area contributed by atoms with Crippen molar-refractivity contribution in [2.75, 3.05) is 11.9 Å². The van der Waals surface area contributed by atoms with Gasteiger partial charge in [0.15, 0.2) is 0 Å². The Balaban J connectivity index is 2.73. The van der Waals surface area contributed by atoms with E-state index in [2.05, 4.69) is 58.6 Å². The molecule has 5 heteroatoms. The van der Waals surface area contributed by atoms with Crippen molar-refractivity contribution in [3.05, 3.63) is 12.2 Å². The molecule has 0 aliphatic rings. The molecule has 0 atom stereocenters. The highest BCUT2D eigenvalue weighted by molar-refractivity contribution is 9.09. The van der Waals surface area contributed by atoms with Gasteiger partial charge in [0.1, 0.15) is 12.2 Å². The van der Waals surface area contributed by atoms with Crippen molar-refractivity contribution >= 4 is 15.9 Å². The molecule has 0 aliphatic heterocycles. The van der Waals surface area contributed by atoms with E-state index in [1.165, 1.54) is 0 Å². The molecule has 0 saturated heterocycles. The molecule has 0 aromatic carbocycles. The number of rotatable bonds is 6. The summed E-state index contributed by atoms with van der Waals surface area (Å²) in [5.74, 6) is 1.05. The van der Waals surface area contributed by atoms with Gasteiger partial charge >= 0.3 is 0 Å². The van der Waals surface area contributed by atoms with E-state index in [0.717, 1.165) is 24.2 Å². The molecule has 1 aromatic heterocycles. The maximum Gasteiger partial charge on any atom is 0.141 e. The summed E-state index contributed by atoms with van der Waals surface area (Å²) in [5, 5.41) is 5.24. The van der Waals surface area contributed by atoms with Gasteiger partial charge in [0.2, 0.25) is 0 Å². The lowest BCUT2D eigenvalue weighted by Gasteiger charge is -2.25. The summed E-state index contributed by atoms with van der Waals surface area (Å²) in [6.07, 6.45) is 1.64. The molecule has 0 fully saturated rings. The molecule has 0 unspecified atom stereocenters. The lowest BCUT2D eigenvalue weighted by atomic mass is 10.3. The van der Waals surface area contributed by atoms with E-state index in [0.29, 0.717) is 12.1 Å². The topological polar surface area (TPSA) is 34.0 Å². The predicted molar refractivity (Wildman–Crippen MR) is 69.7 cm³/mol. The van der Waals surface area contributed by atoms with Crippen LogP contribution in [0.15, 0.2) is 6.33 Å². The SMILES string of the molecule is CC(C)N(CCBr)Cc1ncnn1C(C)C. The number of hydrogen-bond acceptors (Lipinski definition) is 3. The molecule has 0 saturated carbocycles. The molecular weight excluding hydrogens is 268 g/mol. The van der Waals surface area contributed by atoms with Gasteiger partial charge in [-0.15, -0.1) is 0 Å². The van der Waals surface area contributed by atoms with Crippen molar-refractivity contribution < 1.29 is 0 Å². The highest BCUT2D eigenvalue weighted by atomic mass is 79.9. The molecule has 92 valence electrons. The van der Waals surface area contributed by atoms with Crippen LogP contribution in [0.4, 0.5) is 0 Å². The van der Waals surface area contributed by atoms with Gasteiger partial charge in [-0.05, 0) is 27.7 Å². The van der Waals surface area contributed by atoms with Crippen LogP contribution in [0.3, 0.4) is 0 Å². The van der Waals surface area contributed by atoms with E-state index in [1.807, 2.05) is 4.68 Å². The third-order valence-corrected chi connectivity index (χ3v) is 2.94. The van der Waals surface area contributed by atoms with Crippen molar-refractivity contribution in [2.45, 2.75) is 46.3 Å². The van der Waals surface area contributed by atoms with E-state index in [-0.39, 0.29) is 0 Å². The largest absolute Gasteiger partial charge is 0.293 e. The van der Waals surface area contributed by atoms with E-state index in [1.54, 1.807) is 6.33 Å². The normalized spacial score (nSPS) is 12.0. The summed E-state index contributed by atoms with van der Waals surface area (Å²) >= 11 is 3.49. The number of aromatic nitrogens is 3. The van der Waals surface area contributed by atoms with E-state index in [9.17, 15) is 0 Å². The fourth-order valence-electron chi connectivity index (χ4n) is 1.63. The summed E-state index contributed by atoms with van der Waals surface area (Å²) < 4.78 is 1.99. The molecule has 0 N–H and O–H groups in total. The van der Waals surface area contributed by atoms with Gasteiger partial charge in [-0.1, -0.05) is 15.9 Å². The zero-order valence-corrected chi connectivity index (χ0v) is 12.1. The summed E-state index contributed by atoms with van der Waals surface area (Å²) in [7, 11) is 0. The van der Waals surface area contributed by atoms with Crippen LogP contribution in [0.2, 0.25) is 0 Å². The molecule has 0 spiro atoms. The van der Waals surface area contributed by atoms with E-state index < -0.39 is 0 Å². The average molecular weight is 289 g/mol. The number of alkyl halides is 1. The third kappa shape index (κ3) is 3.56. The number of halogens is 1.